The van der Waals surface area contributed by atoms with Crippen LogP contribution in [0.25, 0.3) is 0 Å². The number of fused-ring (bicyclic) bond motifs is 1. The van der Waals surface area contributed by atoms with Crippen molar-refractivity contribution in [3.63, 3.8) is 0 Å². The minimum atomic E-state index is -0.525. The summed E-state index contributed by atoms with van der Waals surface area (Å²) in [7, 11) is 1.66. The summed E-state index contributed by atoms with van der Waals surface area (Å²) < 4.78 is 16.2. The molecule has 2 aliphatic rings. The molecule has 0 N–H and O–H groups in total. The molecule has 0 saturated carbocycles. The van der Waals surface area contributed by atoms with Gasteiger partial charge >= 0.3 is 6.09 Å². The van der Waals surface area contributed by atoms with Crippen LogP contribution in [0.5, 0.6) is 0 Å². The Bertz CT molecular complexity index is 449. The third kappa shape index (κ3) is 5.08. The zero-order valence-corrected chi connectivity index (χ0v) is 15.2. The summed E-state index contributed by atoms with van der Waals surface area (Å²) in [5.74, 6) is 0.135. The third-order valence-electron chi connectivity index (χ3n) is 4.26. The average molecular weight is 342 g/mol. The fourth-order valence-electron chi connectivity index (χ4n) is 3.14. The van der Waals surface area contributed by atoms with E-state index in [1.165, 1.54) is 0 Å². The Balaban J connectivity index is 1.90. The number of hydrogen-bond acceptors (Lipinski definition) is 5. The van der Waals surface area contributed by atoms with Gasteiger partial charge in [-0.05, 0) is 33.6 Å². The number of morpholine rings is 1. The van der Waals surface area contributed by atoms with Crippen LogP contribution in [-0.4, -0.2) is 79.5 Å². The van der Waals surface area contributed by atoms with Crippen molar-refractivity contribution in [2.24, 2.45) is 0 Å². The third-order valence-corrected chi connectivity index (χ3v) is 4.26. The molecule has 0 aromatic heterocycles. The van der Waals surface area contributed by atoms with Gasteiger partial charge < -0.3 is 24.0 Å². The molecular formula is C17H30N2O5. The highest BCUT2D eigenvalue weighted by Crippen LogP contribution is 2.25. The van der Waals surface area contributed by atoms with Crippen LogP contribution in [0.15, 0.2) is 0 Å². The first kappa shape index (κ1) is 19.0. The van der Waals surface area contributed by atoms with E-state index >= 15 is 0 Å². The number of rotatable bonds is 5. The lowest BCUT2D eigenvalue weighted by Crippen LogP contribution is -2.53. The molecule has 0 aromatic carbocycles. The second kappa shape index (κ2) is 8.16. The highest BCUT2D eigenvalue weighted by atomic mass is 16.6. The van der Waals surface area contributed by atoms with E-state index in [1.54, 1.807) is 12.0 Å². The molecular weight excluding hydrogens is 312 g/mol. The first-order valence-corrected chi connectivity index (χ1v) is 8.70. The monoisotopic (exact) mass is 342 g/mol. The van der Waals surface area contributed by atoms with Gasteiger partial charge in [-0.15, -0.1) is 0 Å². The lowest BCUT2D eigenvalue weighted by Gasteiger charge is -2.36. The Hall–Kier alpha value is -1.34. The molecule has 0 aliphatic carbocycles. The molecule has 7 heteroatoms. The summed E-state index contributed by atoms with van der Waals surface area (Å²) in [4.78, 5) is 28.3. The average Bonchev–Trinajstić information content (AvgIpc) is 2.94. The van der Waals surface area contributed by atoms with E-state index in [4.69, 9.17) is 14.2 Å². The maximum atomic E-state index is 12.5. The lowest BCUT2D eigenvalue weighted by molar-refractivity contribution is -0.142. The van der Waals surface area contributed by atoms with Crippen LogP contribution >= 0.6 is 0 Å². The summed E-state index contributed by atoms with van der Waals surface area (Å²) in [5, 5.41) is 0. The SMILES string of the molecule is COCCCCC(=O)N1CCO[C@@H]2CN(C(=O)OC(C)(C)C)C[C@@H]21. The minimum Gasteiger partial charge on any atom is -0.444 e. The molecule has 0 bridgehead atoms. The maximum absolute atomic E-state index is 12.5. The van der Waals surface area contributed by atoms with Gasteiger partial charge in [-0.25, -0.2) is 4.79 Å². The molecule has 138 valence electrons. The number of nitrogens with zero attached hydrogens (tertiary/aromatic N) is 2. The van der Waals surface area contributed by atoms with E-state index in [0.29, 0.717) is 39.3 Å². The van der Waals surface area contributed by atoms with Crippen LogP contribution in [0.3, 0.4) is 0 Å². The van der Waals surface area contributed by atoms with Crippen LogP contribution < -0.4 is 0 Å². The van der Waals surface area contributed by atoms with Crippen molar-refractivity contribution in [1.29, 1.82) is 0 Å². The zero-order valence-electron chi connectivity index (χ0n) is 15.2. The molecule has 2 saturated heterocycles. The topological polar surface area (TPSA) is 68.3 Å². The number of amides is 2. The summed E-state index contributed by atoms with van der Waals surface area (Å²) in [5.41, 5.74) is -0.525. The van der Waals surface area contributed by atoms with Gasteiger partial charge in [0.15, 0.2) is 0 Å². The van der Waals surface area contributed by atoms with Crippen molar-refractivity contribution in [2.75, 3.05) is 40.0 Å². The number of carbonyl (C=O) groups excluding carboxylic acids is 2. The van der Waals surface area contributed by atoms with Crippen molar-refractivity contribution in [1.82, 2.24) is 9.80 Å². The summed E-state index contributed by atoms with van der Waals surface area (Å²) in [6.07, 6.45) is 1.75. The van der Waals surface area contributed by atoms with Gasteiger partial charge in [0.25, 0.3) is 0 Å². The summed E-state index contributed by atoms with van der Waals surface area (Å²) in [6, 6.07) is -0.0683. The fourth-order valence-corrected chi connectivity index (χ4v) is 3.14. The molecule has 0 aromatic rings. The Labute approximate surface area is 144 Å². The summed E-state index contributed by atoms with van der Waals surface area (Å²) >= 11 is 0. The largest absolute Gasteiger partial charge is 0.444 e. The predicted molar refractivity (Wildman–Crippen MR) is 88.8 cm³/mol. The van der Waals surface area contributed by atoms with Crippen LogP contribution in [0.2, 0.25) is 0 Å². The normalized spacial score (nSPS) is 24.0. The predicted octanol–water partition coefficient (Wildman–Crippen LogP) is 1.65. The molecule has 2 amide bonds. The second-order valence-corrected chi connectivity index (χ2v) is 7.40. The van der Waals surface area contributed by atoms with E-state index in [2.05, 4.69) is 0 Å². The lowest BCUT2D eigenvalue weighted by atomic mass is 10.1. The van der Waals surface area contributed by atoms with E-state index in [9.17, 15) is 9.59 Å². The van der Waals surface area contributed by atoms with E-state index in [-0.39, 0.29) is 24.1 Å². The first-order valence-electron chi connectivity index (χ1n) is 8.70. The molecule has 0 radical (unpaired) electrons. The molecule has 24 heavy (non-hydrogen) atoms. The molecule has 2 fully saturated rings. The number of ether oxygens (including phenoxy) is 3. The Morgan fingerprint density at radius 3 is 2.62 bits per heavy atom. The van der Waals surface area contributed by atoms with Crippen molar-refractivity contribution in [3.8, 4) is 0 Å². The fraction of sp³-hybridized carbons (Fsp3) is 0.882. The number of hydrogen-bond donors (Lipinski definition) is 0. The maximum Gasteiger partial charge on any atom is 0.410 e. The van der Waals surface area contributed by atoms with Gasteiger partial charge in [-0.1, -0.05) is 0 Å². The highest BCUT2D eigenvalue weighted by molar-refractivity contribution is 5.77. The van der Waals surface area contributed by atoms with Crippen LogP contribution in [0, 0.1) is 0 Å². The summed E-state index contributed by atoms with van der Waals surface area (Å²) in [6.45, 7) is 8.28. The number of carbonyl (C=O) groups is 2. The van der Waals surface area contributed by atoms with Gasteiger partial charge in [0.2, 0.25) is 5.91 Å². The number of methoxy groups -OCH3 is 1. The molecule has 7 nitrogen and oxygen atoms in total. The van der Waals surface area contributed by atoms with Crippen molar-refractivity contribution < 1.29 is 23.8 Å². The zero-order chi connectivity index (χ0) is 17.7. The van der Waals surface area contributed by atoms with Crippen molar-refractivity contribution >= 4 is 12.0 Å². The van der Waals surface area contributed by atoms with Crippen molar-refractivity contribution in [2.45, 2.75) is 57.8 Å². The van der Waals surface area contributed by atoms with Crippen molar-refractivity contribution in [3.05, 3.63) is 0 Å². The smallest absolute Gasteiger partial charge is 0.410 e. The minimum absolute atomic E-state index is 0.0683. The van der Waals surface area contributed by atoms with E-state index < -0.39 is 5.60 Å². The molecule has 0 spiro atoms. The second-order valence-electron chi connectivity index (χ2n) is 7.40. The molecule has 2 rings (SSSR count). The van der Waals surface area contributed by atoms with Crippen LogP contribution in [0.1, 0.15) is 40.0 Å². The number of unbranched alkanes of at least 4 members (excludes halogenated alkanes) is 1. The Kier molecular flexibility index (Phi) is 6.46. The van der Waals surface area contributed by atoms with Gasteiger partial charge in [-0.3, -0.25) is 4.79 Å². The number of likely N-dealkylation sites (tertiary alicyclic amines) is 1. The quantitative estimate of drug-likeness (QED) is 0.711. The van der Waals surface area contributed by atoms with Crippen LogP contribution in [0.4, 0.5) is 4.79 Å². The Morgan fingerprint density at radius 1 is 1.21 bits per heavy atom. The highest BCUT2D eigenvalue weighted by Gasteiger charge is 2.44. The molecule has 2 aliphatic heterocycles. The Morgan fingerprint density at radius 2 is 1.96 bits per heavy atom. The molecule has 0 unspecified atom stereocenters. The van der Waals surface area contributed by atoms with Gasteiger partial charge in [-0.2, -0.15) is 0 Å². The van der Waals surface area contributed by atoms with Crippen LogP contribution in [-0.2, 0) is 19.0 Å². The van der Waals surface area contributed by atoms with Gasteiger partial charge in [0, 0.05) is 33.2 Å². The van der Waals surface area contributed by atoms with E-state index in [1.807, 2.05) is 25.7 Å². The van der Waals surface area contributed by atoms with Gasteiger partial charge in [0.1, 0.15) is 5.60 Å². The standard InChI is InChI=1S/C17H30N2O5/c1-17(2,3)24-16(21)18-11-13-14(12-18)23-10-8-19(13)15(20)7-5-6-9-22-4/h13-14H,5-12H2,1-4H3/t13-,14+/m0/s1. The van der Waals surface area contributed by atoms with E-state index in [0.717, 1.165) is 12.8 Å². The van der Waals surface area contributed by atoms with Gasteiger partial charge in [0.05, 0.1) is 25.3 Å². The molecule has 2 atom stereocenters. The molecule has 2 heterocycles. The first-order chi connectivity index (χ1) is 11.3.